The normalized spacial score (nSPS) is 11.1. The molecule has 0 aliphatic carbocycles. The highest BCUT2D eigenvalue weighted by molar-refractivity contribution is 6.13. The van der Waals surface area contributed by atoms with Gasteiger partial charge in [-0.1, -0.05) is 42.5 Å². The van der Waals surface area contributed by atoms with Crippen LogP contribution in [0.5, 0.6) is 0 Å². The van der Waals surface area contributed by atoms with Crippen LogP contribution in [-0.4, -0.2) is 4.92 Å². The number of rotatable bonds is 2. The van der Waals surface area contributed by atoms with Gasteiger partial charge in [-0.05, 0) is 22.9 Å². The lowest BCUT2D eigenvalue weighted by molar-refractivity contribution is -0.384. The second-order valence-electron chi connectivity index (χ2n) is 5.08. The van der Waals surface area contributed by atoms with Crippen molar-refractivity contribution in [2.75, 3.05) is 0 Å². The third-order valence-electron chi connectivity index (χ3n) is 3.85. The maximum atomic E-state index is 11.3. The molecule has 0 saturated heterocycles. The smallest absolute Gasteiger partial charge is 0.277 e. The van der Waals surface area contributed by atoms with E-state index in [9.17, 15) is 10.1 Å². The molecule has 0 atom stereocenters. The molecule has 3 aromatic carbocycles. The van der Waals surface area contributed by atoms with Gasteiger partial charge < -0.3 is 4.42 Å². The number of hydrogen-bond donors (Lipinski definition) is 0. The molecule has 0 radical (unpaired) electrons. The third-order valence-corrected chi connectivity index (χ3v) is 3.85. The average molecular weight is 289 g/mol. The van der Waals surface area contributed by atoms with Crippen molar-refractivity contribution < 1.29 is 9.34 Å². The van der Waals surface area contributed by atoms with Crippen LogP contribution in [0.4, 0.5) is 5.69 Å². The lowest BCUT2D eigenvalue weighted by atomic mass is 9.98. The molecule has 0 aliphatic rings. The summed E-state index contributed by atoms with van der Waals surface area (Å²) in [4.78, 5) is 10.9. The molecule has 22 heavy (non-hydrogen) atoms. The van der Waals surface area contributed by atoms with Crippen LogP contribution in [0, 0.1) is 10.1 Å². The van der Waals surface area contributed by atoms with Gasteiger partial charge in [-0.2, -0.15) is 0 Å². The van der Waals surface area contributed by atoms with Gasteiger partial charge >= 0.3 is 0 Å². The van der Waals surface area contributed by atoms with E-state index in [0.717, 1.165) is 27.3 Å². The van der Waals surface area contributed by atoms with E-state index < -0.39 is 0 Å². The quantitative estimate of drug-likeness (QED) is 0.378. The first kappa shape index (κ1) is 12.6. The van der Waals surface area contributed by atoms with E-state index in [1.54, 1.807) is 24.5 Å². The van der Waals surface area contributed by atoms with E-state index in [-0.39, 0.29) is 10.6 Å². The largest absolute Gasteiger partial charge is 0.464 e. The number of nitrogens with zero attached hydrogens (tertiary/aromatic N) is 1. The standard InChI is InChI=1S/C18H11NO3/c20-19(21)16-8-4-3-7-14(16)15-11-22-17-10-9-12-5-1-2-6-13(12)18(15)17/h1-11H. The van der Waals surface area contributed by atoms with Gasteiger partial charge in [0.15, 0.2) is 0 Å². The van der Waals surface area contributed by atoms with E-state index in [0.29, 0.717) is 5.56 Å². The predicted molar refractivity (Wildman–Crippen MR) is 85.8 cm³/mol. The second-order valence-corrected chi connectivity index (χ2v) is 5.08. The van der Waals surface area contributed by atoms with Crippen molar-refractivity contribution in [1.82, 2.24) is 0 Å². The minimum Gasteiger partial charge on any atom is -0.464 e. The molecule has 0 aliphatic heterocycles. The van der Waals surface area contributed by atoms with Crippen LogP contribution in [0.3, 0.4) is 0 Å². The Balaban J connectivity index is 2.13. The number of para-hydroxylation sites is 1. The van der Waals surface area contributed by atoms with Crippen molar-refractivity contribution in [3.05, 3.63) is 77.0 Å². The Morgan fingerprint density at radius 1 is 0.864 bits per heavy atom. The van der Waals surface area contributed by atoms with Crippen molar-refractivity contribution in [3.8, 4) is 11.1 Å². The summed E-state index contributed by atoms with van der Waals surface area (Å²) in [6.07, 6.45) is 1.60. The van der Waals surface area contributed by atoms with E-state index in [2.05, 4.69) is 0 Å². The maximum absolute atomic E-state index is 11.3. The molecule has 0 bridgehead atoms. The van der Waals surface area contributed by atoms with Crippen LogP contribution in [0.1, 0.15) is 0 Å². The van der Waals surface area contributed by atoms with E-state index in [1.165, 1.54) is 6.07 Å². The van der Waals surface area contributed by atoms with Gasteiger partial charge in [0.05, 0.1) is 16.7 Å². The molecule has 4 aromatic rings. The first-order valence-electron chi connectivity index (χ1n) is 6.88. The Kier molecular flexibility index (Phi) is 2.69. The molecule has 106 valence electrons. The number of fused-ring (bicyclic) bond motifs is 3. The number of nitro benzene ring substituents is 1. The number of furan rings is 1. The van der Waals surface area contributed by atoms with Crippen molar-refractivity contribution >= 4 is 27.4 Å². The Bertz CT molecular complexity index is 1020. The molecule has 0 spiro atoms. The molecule has 4 nitrogen and oxygen atoms in total. The molecule has 1 heterocycles. The molecular formula is C18H11NO3. The predicted octanol–water partition coefficient (Wildman–Crippen LogP) is 5.16. The van der Waals surface area contributed by atoms with Gasteiger partial charge in [0.2, 0.25) is 0 Å². The first-order chi connectivity index (χ1) is 10.8. The van der Waals surface area contributed by atoms with Gasteiger partial charge in [0, 0.05) is 17.0 Å². The second kappa shape index (κ2) is 4.70. The van der Waals surface area contributed by atoms with Crippen molar-refractivity contribution in [2.45, 2.75) is 0 Å². The summed E-state index contributed by atoms with van der Waals surface area (Å²) in [7, 11) is 0. The monoisotopic (exact) mass is 289 g/mol. The van der Waals surface area contributed by atoms with E-state index in [4.69, 9.17) is 4.42 Å². The zero-order chi connectivity index (χ0) is 15.1. The van der Waals surface area contributed by atoms with Gasteiger partial charge in [0.1, 0.15) is 5.58 Å². The summed E-state index contributed by atoms with van der Waals surface area (Å²) in [5, 5.41) is 14.3. The van der Waals surface area contributed by atoms with Crippen LogP contribution < -0.4 is 0 Å². The summed E-state index contributed by atoms with van der Waals surface area (Å²) >= 11 is 0. The van der Waals surface area contributed by atoms with Crippen LogP contribution in [-0.2, 0) is 0 Å². The van der Waals surface area contributed by atoms with Gasteiger partial charge in [-0.25, -0.2) is 0 Å². The highest BCUT2D eigenvalue weighted by Gasteiger charge is 2.19. The average Bonchev–Trinajstić information content (AvgIpc) is 2.99. The zero-order valence-electron chi connectivity index (χ0n) is 11.5. The van der Waals surface area contributed by atoms with E-state index >= 15 is 0 Å². The van der Waals surface area contributed by atoms with Gasteiger partial charge in [-0.15, -0.1) is 0 Å². The lowest BCUT2D eigenvalue weighted by Crippen LogP contribution is -1.91. The van der Waals surface area contributed by atoms with Crippen molar-refractivity contribution in [2.24, 2.45) is 0 Å². The molecule has 0 amide bonds. The highest BCUT2D eigenvalue weighted by atomic mass is 16.6. The molecule has 0 fully saturated rings. The van der Waals surface area contributed by atoms with Crippen molar-refractivity contribution in [3.63, 3.8) is 0 Å². The molecule has 4 rings (SSSR count). The Morgan fingerprint density at radius 3 is 2.50 bits per heavy atom. The molecule has 0 unspecified atom stereocenters. The fourth-order valence-electron chi connectivity index (χ4n) is 2.87. The summed E-state index contributed by atoms with van der Waals surface area (Å²) in [6, 6.07) is 18.6. The minimum absolute atomic E-state index is 0.0816. The van der Waals surface area contributed by atoms with Crippen molar-refractivity contribution in [1.29, 1.82) is 0 Å². The fourth-order valence-corrected chi connectivity index (χ4v) is 2.87. The van der Waals surface area contributed by atoms with Crippen LogP contribution >= 0.6 is 0 Å². The Hall–Kier alpha value is -3.14. The van der Waals surface area contributed by atoms with E-state index in [1.807, 2.05) is 36.4 Å². The molecule has 0 saturated carbocycles. The topological polar surface area (TPSA) is 56.3 Å². The lowest BCUT2D eigenvalue weighted by Gasteiger charge is -2.03. The Morgan fingerprint density at radius 2 is 1.64 bits per heavy atom. The first-order valence-corrected chi connectivity index (χ1v) is 6.88. The third kappa shape index (κ3) is 1.78. The van der Waals surface area contributed by atoms with Gasteiger partial charge in [-0.3, -0.25) is 10.1 Å². The molecule has 4 heteroatoms. The summed E-state index contributed by atoms with van der Waals surface area (Å²) < 4.78 is 5.62. The highest BCUT2D eigenvalue weighted by Crippen LogP contribution is 2.39. The number of hydrogen-bond acceptors (Lipinski definition) is 3. The summed E-state index contributed by atoms with van der Waals surface area (Å²) in [5.41, 5.74) is 2.13. The number of nitro groups is 1. The molecule has 0 N–H and O–H groups in total. The van der Waals surface area contributed by atoms with Gasteiger partial charge in [0.25, 0.3) is 5.69 Å². The fraction of sp³-hybridized carbons (Fsp3) is 0. The minimum atomic E-state index is -0.362. The van der Waals surface area contributed by atoms with Crippen LogP contribution in [0.25, 0.3) is 32.9 Å². The summed E-state index contributed by atoms with van der Waals surface area (Å²) in [6.45, 7) is 0. The SMILES string of the molecule is O=[N+]([O-])c1ccccc1-c1coc2ccc3ccccc3c12. The molecule has 1 aromatic heterocycles. The van der Waals surface area contributed by atoms with Crippen LogP contribution in [0.15, 0.2) is 71.3 Å². The Labute approximate surface area is 125 Å². The zero-order valence-corrected chi connectivity index (χ0v) is 11.5. The number of benzene rings is 3. The maximum Gasteiger partial charge on any atom is 0.277 e. The van der Waals surface area contributed by atoms with Crippen LogP contribution in [0.2, 0.25) is 0 Å². The molecular weight excluding hydrogens is 278 g/mol. The summed E-state index contributed by atoms with van der Waals surface area (Å²) in [5.74, 6) is 0.